The van der Waals surface area contributed by atoms with Crippen molar-refractivity contribution in [2.45, 2.75) is 25.9 Å². The number of rotatable bonds is 5. The standard InChI is InChI=1S/C11H17N3O2/c1-2-3-10(15)8-13-11(16)14-9-4-6-12-7-5-9/h4-7,10,15H,2-3,8H2,1H3,(H2,12,13,14,16). The van der Waals surface area contributed by atoms with Crippen LogP contribution in [0.2, 0.25) is 0 Å². The third-order valence-corrected chi connectivity index (χ3v) is 2.06. The van der Waals surface area contributed by atoms with Crippen molar-refractivity contribution < 1.29 is 9.90 Å². The van der Waals surface area contributed by atoms with E-state index in [4.69, 9.17) is 0 Å². The molecule has 0 saturated carbocycles. The molecule has 1 aromatic heterocycles. The van der Waals surface area contributed by atoms with Crippen LogP contribution in [0.5, 0.6) is 0 Å². The first-order chi connectivity index (χ1) is 7.72. The summed E-state index contributed by atoms with van der Waals surface area (Å²) in [7, 11) is 0. The van der Waals surface area contributed by atoms with Crippen molar-refractivity contribution in [2.24, 2.45) is 0 Å². The van der Waals surface area contributed by atoms with Gasteiger partial charge in [0.25, 0.3) is 0 Å². The Balaban J connectivity index is 2.26. The van der Waals surface area contributed by atoms with Crippen molar-refractivity contribution in [3.8, 4) is 0 Å². The smallest absolute Gasteiger partial charge is 0.319 e. The van der Waals surface area contributed by atoms with Crippen LogP contribution >= 0.6 is 0 Å². The van der Waals surface area contributed by atoms with Gasteiger partial charge in [0.15, 0.2) is 0 Å². The van der Waals surface area contributed by atoms with Gasteiger partial charge in [-0.2, -0.15) is 0 Å². The summed E-state index contributed by atoms with van der Waals surface area (Å²) in [5, 5.41) is 14.6. The number of nitrogens with zero attached hydrogens (tertiary/aromatic N) is 1. The summed E-state index contributed by atoms with van der Waals surface area (Å²) in [6.07, 6.45) is 4.31. The Morgan fingerprint density at radius 1 is 1.50 bits per heavy atom. The molecule has 0 fully saturated rings. The topological polar surface area (TPSA) is 74.2 Å². The van der Waals surface area contributed by atoms with E-state index in [2.05, 4.69) is 15.6 Å². The first-order valence-corrected chi connectivity index (χ1v) is 5.35. The molecule has 0 aromatic carbocycles. The highest BCUT2D eigenvalue weighted by Gasteiger charge is 2.05. The van der Waals surface area contributed by atoms with Crippen molar-refractivity contribution in [3.63, 3.8) is 0 Å². The number of anilines is 1. The molecule has 5 nitrogen and oxygen atoms in total. The van der Waals surface area contributed by atoms with Crippen LogP contribution in [-0.2, 0) is 0 Å². The van der Waals surface area contributed by atoms with Gasteiger partial charge in [0.1, 0.15) is 0 Å². The molecule has 0 bridgehead atoms. The minimum Gasteiger partial charge on any atom is -0.391 e. The first kappa shape index (κ1) is 12.4. The molecular weight excluding hydrogens is 206 g/mol. The Bertz CT molecular complexity index is 316. The van der Waals surface area contributed by atoms with E-state index in [1.807, 2.05) is 6.92 Å². The molecule has 1 rings (SSSR count). The molecule has 88 valence electrons. The van der Waals surface area contributed by atoms with Gasteiger partial charge in [0, 0.05) is 24.6 Å². The second-order valence-corrected chi connectivity index (χ2v) is 3.51. The van der Waals surface area contributed by atoms with Gasteiger partial charge in [-0.25, -0.2) is 4.79 Å². The largest absolute Gasteiger partial charge is 0.391 e. The van der Waals surface area contributed by atoms with Crippen LogP contribution in [0.1, 0.15) is 19.8 Å². The number of nitrogens with one attached hydrogen (secondary N) is 2. The van der Waals surface area contributed by atoms with Gasteiger partial charge >= 0.3 is 6.03 Å². The summed E-state index contributed by atoms with van der Waals surface area (Å²) in [5.41, 5.74) is 0.678. The van der Waals surface area contributed by atoms with Crippen LogP contribution in [0.25, 0.3) is 0 Å². The van der Waals surface area contributed by atoms with Gasteiger partial charge in [-0.3, -0.25) is 4.98 Å². The van der Waals surface area contributed by atoms with Crippen LogP contribution in [0.15, 0.2) is 24.5 Å². The molecule has 3 N–H and O–H groups in total. The molecule has 1 unspecified atom stereocenters. The predicted molar refractivity (Wildman–Crippen MR) is 62.2 cm³/mol. The highest BCUT2D eigenvalue weighted by Crippen LogP contribution is 2.02. The molecule has 0 saturated heterocycles. The molecule has 1 aromatic rings. The average molecular weight is 223 g/mol. The molecule has 0 aliphatic rings. The van der Waals surface area contributed by atoms with E-state index in [9.17, 15) is 9.90 Å². The number of amides is 2. The van der Waals surface area contributed by atoms with Crippen LogP contribution in [-0.4, -0.2) is 28.8 Å². The van der Waals surface area contributed by atoms with E-state index in [1.165, 1.54) is 0 Å². The molecule has 0 radical (unpaired) electrons. The fourth-order valence-corrected chi connectivity index (χ4v) is 1.26. The van der Waals surface area contributed by atoms with Crippen molar-refractivity contribution in [3.05, 3.63) is 24.5 Å². The Kier molecular flexibility index (Phi) is 5.28. The Morgan fingerprint density at radius 2 is 2.19 bits per heavy atom. The summed E-state index contributed by atoms with van der Waals surface area (Å²) in [6.45, 7) is 2.25. The second kappa shape index (κ2) is 6.79. The third kappa shape index (κ3) is 4.75. The number of pyridine rings is 1. The number of hydrogen-bond acceptors (Lipinski definition) is 3. The quantitative estimate of drug-likeness (QED) is 0.705. The van der Waals surface area contributed by atoms with Crippen molar-refractivity contribution in [2.75, 3.05) is 11.9 Å². The lowest BCUT2D eigenvalue weighted by molar-refractivity contribution is 0.162. The van der Waals surface area contributed by atoms with E-state index in [0.717, 1.165) is 6.42 Å². The Morgan fingerprint density at radius 3 is 2.81 bits per heavy atom. The number of urea groups is 1. The Labute approximate surface area is 94.9 Å². The zero-order chi connectivity index (χ0) is 11.8. The number of aliphatic hydroxyl groups excluding tert-OH is 1. The molecule has 1 heterocycles. The van der Waals surface area contributed by atoms with Crippen molar-refractivity contribution in [1.82, 2.24) is 10.3 Å². The van der Waals surface area contributed by atoms with Gasteiger partial charge in [0.2, 0.25) is 0 Å². The summed E-state index contributed by atoms with van der Waals surface area (Å²) in [5.74, 6) is 0. The number of carbonyl (C=O) groups is 1. The van der Waals surface area contributed by atoms with Crippen LogP contribution < -0.4 is 10.6 Å². The molecule has 0 spiro atoms. The fourth-order valence-electron chi connectivity index (χ4n) is 1.26. The molecule has 16 heavy (non-hydrogen) atoms. The van der Waals surface area contributed by atoms with E-state index in [0.29, 0.717) is 12.1 Å². The van der Waals surface area contributed by atoms with E-state index in [-0.39, 0.29) is 12.6 Å². The molecule has 0 aliphatic carbocycles. The average Bonchev–Trinajstić information content (AvgIpc) is 2.28. The molecule has 2 amide bonds. The lowest BCUT2D eigenvalue weighted by Gasteiger charge is -2.11. The maximum absolute atomic E-state index is 11.4. The normalized spacial score (nSPS) is 11.9. The first-order valence-electron chi connectivity index (χ1n) is 5.35. The zero-order valence-electron chi connectivity index (χ0n) is 9.31. The highest BCUT2D eigenvalue weighted by atomic mass is 16.3. The minimum absolute atomic E-state index is 0.269. The fraction of sp³-hybridized carbons (Fsp3) is 0.455. The maximum Gasteiger partial charge on any atom is 0.319 e. The summed E-state index contributed by atoms with van der Waals surface area (Å²) in [6, 6.07) is 3.07. The summed E-state index contributed by atoms with van der Waals surface area (Å²) < 4.78 is 0. The monoisotopic (exact) mass is 223 g/mol. The van der Waals surface area contributed by atoms with Crippen LogP contribution in [0.4, 0.5) is 10.5 Å². The van der Waals surface area contributed by atoms with Crippen molar-refractivity contribution in [1.29, 1.82) is 0 Å². The highest BCUT2D eigenvalue weighted by molar-refractivity contribution is 5.89. The minimum atomic E-state index is -0.479. The SMILES string of the molecule is CCCC(O)CNC(=O)Nc1ccncc1. The number of hydrogen-bond donors (Lipinski definition) is 3. The van der Waals surface area contributed by atoms with Crippen LogP contribution in [0, 0.1) is 0 Å². The van der Waals surface area contributed by atoms with Gasteiger partial charge in [-0.05, 0) is 18.6 Å². The van der Waals surface area contributed by atoms with E-state index in [1.54, 1.807) is 24.5 Å². The van der Waals surface area contributed by atoms with E-state index < -0.39 is 6.10 Å². The third-order valence-electron chi connectivity index (χ3n) is 2.06. The van der Waals surface area contributed by atoms with Gasteiger partial charge in [0.05, 0.1) is 6.10 Å². The van der Waals surface area contributed by atoms with Gasteiger partial charge in [-0.15, -0.1) is 0 Å². The predicted octanol–water partition coefficient (Wildman–Crippen LogP) is 1.36. The Hall–Kier alpha value is -1.62. The maximum atomic E-state index is 11.4. The summed E-state index contributed by atoms with van der Waals surface area (Å²) >= 11 is 0. The lowest BCUT2D eigenvalue weighted by atomic mass is 10.2. The number of aromatic nitrogens is 1. The van der Waals surface area contributed by atoms with Gasteiger partial charge < -0.3 is 15.7 Å². The van der Waals surface area contributed by atoms with E-state index >= 15 is 0 Å². The number of carbonyl (C=O) groups excluding carboxylic acids is 1. The molecule has 5 heteroatoms. The second-order valence-electron chi connectivity index (χ2n) is 3.51. The summed E-state index contributed by atoms with van der Waals surface area (Å²) in [4.78, 5) is 15.2. The molecular formula is C11H17N3O2. The molecule has 0 aliphatic heterocycles. The van der Waals surface area contributed by atoms with Gasteiger partial charge in [-0.1, -0.05) is 13.3 Å². The molecule has 1 atom stereocenters. The number of aliphatic hydroxyl groups is 1. The van der Waals surface area contributed by atoms with Crippen molar-refractivity contribution >= 4 is 11.7 Å². The zero-order valence-corrected chi connectivity index (χ0v) is 9.31. The van der Waals surface area contributed by atoms with Crippen LogP contribution in [0.3, 0.4) is 0 Å². The lowest BCUT2D eigenvalue weighted by Crippen LogP contribution is -2.35.